The number of allylic oxidation sites excluding steroid dienone is 2. The van der Waals surface area contributed by atoms with Crippen molar-refractivity contribution < 1.29 is 0 Å². The van der Waals surface area contributed by atoms with Gasteiger partial charge in [0.05, 0.1) is 0 Å². The lowest BCUT2D eigenvalue weighted by Gasteiger charge is -2.75. The second-order valence-corrected chi connectivity index (χ2v) is 19.1. The summed E-state index contributed by atoms with van der Waals surface area (Å²) in [6.07, 6.45) is 6.24. The van der Waals surface area contributed by atoms with Crippen molar-refractivity contribution in [1.29, 1.82) is 0 Å². The minimum Gasteiger partial charge on any atom is -0.0820 e. The number of rotatable bonds is 2. The molecule has 246 valence electrons. The summed E-state index contributed by atoms with van der Waals surface area (Å²) in [4.78, 5) is 0. The monoisotopic (exact) mass is 607 g/mol. The van der Waals surface area contributed by atoms with Gasteiger partial charge in [0, 0.05) is 0 Å². The molecular weight excluding hydrogens is 540 g/mol. The average Bonchev–Trinajstić information content (AvgIpc) is 2.92. The molecule has 0 aromatic heterocycles. The van der Waals surface area contributed by atoms with Gasteiger partial charge in [-0.1, -0.05) is 88.3 Å². The van der Waals surface area contributed by atoms with Crippen LogP contribution in [0.25, 0.3) is 21.5 Å². The molecule has 0 bridgehead atoms. The molecule has 0 nitrogen and oxygen atoms in total. The molecule has 0 N–H and O–H groups in total. The Morgan fingerprint density at radius 1 is 0.400 bits per heavy atom. The first kappa shape index (κ1) is 34.3. The van der Waals surface area contributed by atoms with Crippen molar-refractivity contribution in [3.8, 4) is 0 Å². The Balaban J connectivity index is 2.00. The fourth-order valence-corrected chi connectivity index (χ4v) is 12.0. The predicted molar refractivity (Wildman–Crippen MR) is 201 cm³/mol. The number of aryl methyl sites for hydroxylation is 5. The second kappa shape index (κ2) is 9.73. The van der Waals surface area contributed by atoms with Gasteiger partial charge in [0.2, 0.25) is 0 Å². The molecule has 3 aromatic rings. The smallest absolute Gasteiger partial charge is 0.0108 e. The molecule has 2 aliphatic carbocycles. The van der Waals surface area contributed by atoms with Crippen molar-refractivity contribution >= 4 is 21.5 Å². The van der Waals surface area contributed by atoms with E-state index in [0.29, 0.717) is 11.8 Å². The zero-order chi connectivity index (χ0) is 34.4. The third-order valence-electron chi connectivity index (χ3n) is 16.1. The summed E-state index contributed by atoms with van der Waals surface area (Å²) in [5, 5.41) is 6.11. The van der Waals surface area contributed by atoms with E-state index in [-0.39, 0.29) is 32.5 Å². The number of benzene rings is 3. The van der Waals surface area contributed by atoms with E-state index in [1.165, 1.54) is 60.8 Å². The summed E-state index contributed by atoms with van der Waals surface area (Å²) in [5.74, 6) is 1.14. The summed E-state index contributed by atoms with van der Waals surface area (Å²) >= 11 is 0. The van der Waals surface area contributed by atoms with Crippen LogP contribution in [0.2, 0.25) is 0 Å². The fraction of sp³-hybridized carbons (Fsp3) is 0.644. The molecule has 5 rings (SSSR count). The maximum absolute atomic E-state index is 2.70. The Labute approximate surface area is 277 Å². The Morgan fingerprint density at radius 2 is 0.711 bits per heavy atom. The van der Waals surface area contributed by atoms with Crippen LogP contribution < -0.4 is 0 Å². The highest BCUT2D eigenvalue weighted by Crippen LogP contribution is 2.77. The topological polar surface area (TPSA) is 0 Å². The molecule has 0 amide bonds. The van der Waals surface area contributed by atoms with E-state index >= 15 is 0 Å². The molecule has 2 aliphatic rings. The normalized spacial score (nSPS) is 27.6. The summed E-state index contributed by atoms with van der Waals surface area (Å²) in [6.45, 7) is 50.1. The SMILES string of the molecule is Cc1c(C)c(C)c2c(CC3(C)C(C)(C)C4C(C(C)(C)C=CC4(C)C)C(C)(C)C3(C)C)c3c(C)c(C)c(C)c(C)c3c(C)c2c1C. The van der Waals surface area contributed by atoms with Crippen LogP contribution in [0.15, 0.2) is 12.2 Å². The molecule has 1 fully saturated rings. The van der Waals surface area contributed by atoms with Gasteiger partial charge in [-0.2, -0.15) is 0 Å². The zero-order valence-corrected chi connectivity index (χ0v) is 33.0. The molecule has 1 saturated carbocycles. The van der Waals surface area contributed by atoms with E-state index in [1.807, 2.05) is 0 Å². The van der Waals surface area contributed by atoms with E-state index in [2.05, 4.69) is 151 Å². The van der Waals surface area contributed by atoms with Gasteiger partial charge in [-0.05, 0) is 190 Å². The highest BCUT2D eigenvalue weighted by Gasteiger charge is 2.71. The zero-order valence-electron chi connectivity index (χ0n) is 33.0. The van der Waals surface area contributed by atoms with Gasteiger partial charge in [0.15, 0.2) is 0 Å². The van der Waals surface area contributed by atoms with Gasteiger partial charge in [-0.15, -0.1) is 0 Å². The van der Waals surface area contributed by atoms with Crippen molar-refractivity contribution in [3.05, 3.63) is 67.8 Å². The Bertz CT molecular complexity index is 1710. The van der Waals surface area contributed by atoms with Gasteiger partial charge < -0.3 is 0 Å². The lowest BCUT2D eigenvalue weighted by Crippen LogP contribution is -2.70. The lowest BCUT2D eigenvalue weighted by molar-refractivity contribution is -0.261. The summed E-state index contributed by atoms with van der Waals surface area (Å²) in [5.41, 5.74) is 15.4. The van der Waals surface area contributed by atoms with Gasteiger partial charge >= 0.3 is 0 Å². The van der Waals surface area contributed by atoms with Crippen LogP contribution >= 0.6 is 0 Å². The number of hydrogen-bond acceptors (Lipinski definition) is 0. The first-order valence-corrected chi connectivity index (χ1v) is 17.9. The molecule has 3 atom stereocenters. The highest BCUT2D eigenvalue weighted by atomic mass is 14.8. The Morgan fingerprint density at radius 3 is 1.07 bits per heavy atom. The van der Waals surface area contributed by atoms with Crippen LogP contribution in [0.3, 0.4) is 0 Å². The van der Waals surface area contributed by atoms with Gasteiger partial charge in [-0.3, -0.25) is 0 Å². The minimum absolute atomic E-state index is 0.0244. The molecule has 0 aliphatic heterocycles. The Kier molecular flexibility index (Phi) is 7.41. The molecule has 0 spiro atoms. The molecule has 0 heteroatoms. The van der Waals surface area contributed by atoms with Crippen molar-refractivity contribution in [3.63, 3.8) is 0 Å². The number of hydrogen-bond donors (Lipinski definition) is 0. The largest absolute Gasteiger partial charge is 0.0820 e. The van der Waals surface area contributed by atoms with E-state index in [1.54, 1.807) is 16.3 Å². The van der Waals surface area contributed by atoms with Crippen LogP contribution in [0.1, 0.15) is 132 Å². The van der Waals surface area contributed by atoms with Crippen molar-refractivity contribution in [2.45, 2.75) is 145 Å². The van der Waals surface area contributed by atoms with Crippen molar-refractivity contribution in [2.24, 2.45) is 44.3 Å². The summed E-state index contributed by atoms with van der Waals surface area (Å²) < 4.78 is 0. The molecule has 0 saturated heterocycles. The summed E-state index contributed by atoms with van der Waals surface area (Å²) in [6, 6.07) is 0. The van der Waals surface area contributed by atoms with Gasteiger partial charge in [-0.25, -0.2) is 0 Å². The predicted octanol–water partition coefficient (Wildman–Crippen LogP) is 13.3. The molecule has 3 aromatic carbocycles. The number of fused-ring (bicyclic) bond motifs is 3. The van der Waals surface area contributed by atoms with E-state index in [4.69, 9.17) is 0 Å². The molecule has 45 heavy (non-hydrogen) atoms. The van der Waals surface area contributed by atoms with Crippen molar-refractivity contribution in [2.75, 3.05) is 0 Å². The first-order chi connectivity index (χ1) is 20.2. The quantitative estimate of drug-likeness (QED) is 0.201. The van der Waals surface area contributed by atoms with Crippen molar-refractivity contribution in [1.82, 2.24) is 0 Å². The van der Waals surface area contributed by atoms with Gasteiger partial charge in [0.25, 0.3) is 0 Å². The van der Waals surface area contributed by atoms with E-state index < -0.39 is 0 Å². The Hall–Kier alpha value is -2.08. The highest BCUT2D eigenvalue weighted by molar-refractivity contribution is 6.11. The maximum atomic E-state index is 2.70. The summed E-state index contributed by atoms with van der Waals surface area (Å²) in [7, 11) is 0. The molecule has 3 unspecified atom stereocenters. The third-order valence-corrected chi connectivity index (χ3v) is 16.1. The van der Waals surface area contributed by atoms with E-state index in [9.17, 15) is 0 Å². The minimum atomic E-state index is 0.0244. The first-order valence-electron chi connectivity index (χ1n) is 17.9. The van der Waals surface area contributed by atoms with E-state index in [0.717, 1.165) is 6.42 Å². The standard InChI is InChI=1S/C45H66/c1-24-26(3)30(7)36-33(37-31(8)27(4)25(2)29(6)35(37)32(9)34(36)28(24)5)23-45(20)43(16,17)39-38(42(14,15)44(45,18)19)40(10,11)21-22-41(39,12)13/h21-22,38-39H,23H2,1-20H3. The fourth-order valence-electron chi connectivity index (χ4n) is 12.0. The lowest BCUT2D eigenvalue weighted by atomic mass is 9.29. The van der Waals surface area contributed by atoms with Crippen LogP contribution in [0.4, 0.5) is 0 Å². The second-order valence-electron chi connectivity index (χ2n) is 19.1. The maximum Gasteiger partial charge on any atom is -0.0108 e. The van der Waals surface area contributed by atoms with Crippen LogP contribution in [-0.2, 0) is 6.42 Å². The van der Waals surface area contributed by atoms with Crippen LogP contribution in [-0.4, -0.2) is 0 Å². The van der Waals surface area contributed by atoms with Crippen LogP contribution in [0.5, 0.6) is 0 Å². The molecule has 0 heterocycles. The van der Waals surface area contributed by atoms with Gasteiger partial charge in [0.1, 0.15) is 0 Å². The average molecular weight is 607 g/mol. The van der Waals surface area contributed by atoms with Crippen LogP contribution in [0, 0.1) is 107 Å². The third kappa shape index (κ3) is 4.02. The molecular formula is C45H66. The molecule has 0 radical (unpaired) electrons.